The second-order valence-electron chi connectivity index (χ2n) is 26.2. The molecule has 1 fully saturated rings. The predicted octanol–water partition coefficient (Wildman–Crippen LogP) is 17.0. The van der Waals surface area contributed by atoms with Crippen molar-refractivity contribution in [3.8, 4) is 0 Å². The summed E-state index contributed by atoms with van der Waals surface area (Å²) < 4.78 is 28.9. The summed E-state index contributed by atoms with van der Waals surface area (Å²) in [5.41, 5.74) is 3.07. The van der Waals surface area contributed by atoms with Crippen molar-refractivity contribution < 1.29 is 22.5 Å². The van der Waals surface area contributed by atoms with Crippen LogP contribution in [0.15, 0.2) is 41.6 Å². The van der Waals surface area contributed by atoms with Crippen molar-refractivity contribution in [2.45, 2.75) is 259 Å². The molecule has 10 heteroatoms. The molecule has 0 saturated heterocycles. The van der Waals surface area contributed by atoms with Crippen LogP contribution < -0.4 is 0 Å². The van der Waals surface area contributed by atoms with Crippen LogP contribution in [-0.4, -0.2) is 69.0 Å². The number of rotatable bonds is 24. The molecule has 5 atom stereocenters. The molecule has 0 aliphatic heterocycles. The molecule has 0 amide bonds. The molecule has 0 aromatic carbocycles. The minimum absolute atomic E-state index is 0.00245. The van der Waals surface area contributed by atoms with E-state index in [0.717, 1.165) is 63.5 Å². The van der Waals surface area contributed by atoms with Crippen LogP contribution in [0, 0.1) is 17.3 Å². The number of carbonyl (C=O) groups excluding carboxylic acids is 1. The Morgan fingerprint density at radius 3 is 1.72 bits per heavy atom. The number of aromatic nitrogens is 1. The minimum Gasteiger partial charge on any atom is -0.417 e. The van der Waals surface area contributed by atoms with Crippen molar-refractivity contribution in [2.24, 2.45) is 17.3 Å². The number of nitrogens with zero attached hydrogens (tertiary/aromatic N) is 1. The molecule has 1 heterocycles. The monoisotopic (exact) mass is 958 g/mol. The molecule has 1 aliphatic carbocycles. The van der Waals surface area contributed by atoms with Crippen molar-refractivity contribution in [2.75, 3.05) is 6.61 Å². The summed E-state index contributed by atoms with van der Waals surface area (Å²) in [7, 11) is -8.47. The third-order valence-electron chi connectivity index (χ3n) is 16.9. The van der Waals surface area contributed by atoms with Crippen molar-refractivity contribution in [1.29, 1.82) is 0 Å². The van der Waals surface area contributed by atoms with Gasteiger partial charge in [-0.1, -0.05) is 121 Å². The summed E-state index contributed by atoms with van der Waals surface area (Å²) in [4.78, 5) is 20.3. The van der Waals surface area contributed by atoms with E-state index in [2.05, 4.69) is 186 Å². The van der Waals surface area contributed by atoms with Gasteiger partial charge in [0.1, 0.15) is 5.78 Å². The lowest BCUT2D eigenvalue weighted by atomic mass is 9.58. The summed E-state index contributed by atoms with van der Waals surface area (Å²) in [6, 6.07) is 6.07. The summed E-state index contributed by atoms with van der Waals surface area (Å²) in [6.07, 6.45) is 14.5. The maximum absolute atomic E-state index is 15.7. The molecule has 1 aromatic rings. The molecule has 1 saturated carbocycles. The first kappa shape index (κ1) is 59.1. The van der Waals surface area contributed by atoms with Crippen LogP contribution in [-0.2, 0) is 22.5 Å². The van der Waals surface area contributed by atoms with E-state index >= 15 is 4.79 Å². The van der Waals surface area contributed by atoms with Gasteiger partial charge in [-0.15, -0.1) is 0 Å². The van der Waals surface area contributed by atoms with Gasteiger partial charge in [0.05, 0.1) is 29.4 Å². The molecule has 0 spiro atoms. The maximum atomic E-state index is 15.7. The molecule has 0 N–H and O–H groups in total. The number of pyridine rings is 1. The Balaban J connectivity index is 2.48. The lowest BCUT2D eigenvalue weighted by Crippen LogP contribution is -2.59. The van der Waals surface area contributed by atoms with Crippen molar-refractivity contribution in [3.63, 3.8) is 0 Å². The highest BCUT2D eigenvalue weighted by atomic mass is 28.4. The Morgan fingerprint density at radius 2 is 1.27 bits per heavy atom. The van der Waals surface area contributed by atoms with Crippen LogP contribution >= 0.6 is 0 Å². The van der Waals surface area contributed by atoms with Crippen LogP contribution in [0.2, 0.25) is 72.5 Å². The van der Waals surface area contributed by atoms with Crippen LogP contribution in [0.25, 0.3) is 6.08 Å². The summed E-state index contributed by atoms with van der Waals surface area (Å²) in [5.74, 6) is 0.439. The lowest BCUT2D eigenvalue weighted by Gasteiger charge is -2.53. The molecule has 370 valence electrons. The lowest BCUT2D eigenvalue weighted by molar-refractivity contribution is -0.153. The zero-order valence-corrected chi connectivity index (χ0v) is 50.4. The number of carbonyl (C=O) groups is 1. The van der Waals surface area contributed by atoms with Gasteiger partial charge in [-0.25, -0.2) is 0 Å². The SMILES string of the molecule is CC[C@@H](C(=O)C1([C@H](CCO[Si](C)(C)C(C)(C)C)O[Si](C)(C)C(C)(C)C)CCC1)[C@@H](O[Si](C)(C)C(C)(C)C)[C@@H](C)CCC/C(C)=C/C[C@H](O[Si](C)(C)C(C)(C)C)/C(C)=C/c1ccccn1. The average molecular weight is 959 g/mol. The van der Waals surface area contributed by atoms with Crippen LogP contribution in [0.5, 0.6) is 0 Å². The van der Waals surface area contributed by atoms with Gasteiger partial charge < -0.3 is 17.7 Å². The van der Waals surface area contributed by atoms with Crippen molar-refractivity contribution in [1.82, 2.24) is 4.98 Å². The van der Waals surface area contributed by atoms with E-state index in [4.69, 9.17) is 17.7 Å². The third kappa shape index (κ3) is 15.8. The van der Waals surface area contributed by atoms with E-state index in [1.807, 2.05) is 18.3 Å². The fraction of sp³-hybridized carbons (Fsp3) is 0.815. The molecule has 6 nitrogen and oxygen atoms in total. The van der Waals surface area contributed by atoms with E-state index in [1.165, 1.54) is 11.1 Å². The van der Waals surface area contributed by atoms with E-state index < -0.39 is 38.7 Å². The summed E-state index contributed by atoms with van der Waals surface area (Å²) in [6.45, 7) is 56.3. The van der Waals surface area contributed by atoms with Crippen LogP contribution in [0.1, 0.15) is 174 Å². The molecular formula is C54H103NO5Si4. The first-order valence-electron chi connectivity index (χ1n) is 25.3. The molecule has 0 unspecified atom stereocenters. The first-order valence-corrected chi connectivity index (χ1v) is 37.0. The zero-order valence-electron chi connectivity index (χ0n) is 46.4. The highest BCUT2D eigenvalue weighted by Crippen LogP contribution is 2.53. The Kier molecular flexibility index (Phi) is 20.9. The number of hydrogen-bond acceptors (Lipinski definition) is 6. The van der Waals surface area contributed by atoms with Crippen LogP contribution in [0.3, 0.4) is 0 Å². The van der Waals surface area contributed by atoms with Gasteiger partial charge in [0.15, 0.2) is 33.3 Å². The van der Waals surface area contributed by atoms with Gasteiger partial charge in [0.25, 0.3) is 0 Å². The number of allylic oxidation sites excluding steroid dienone is 1. The van der Waals surface area contributed by atoms with Crippen molar-refractivity contribution >= 4 is 45.1 Å². The summed E-state index contributed by atoms with van der Waals surface area (Å²) in [5, 5.41) is 0.299. The molecular weight excluding hydrogens is 855 g/mol. The van der Waals surface area contributed by atoms with Gasteiger partial charge in [0.2, 0.25) is 0 Å². The highest BCUT2D eigenvalue weighted by Gasteiger charge is 2.56. The normalized spacial score (nSPS) is 18.9. The van der Waals surface area contributed by atoms with E-state index in [-0.39, 0.29) is 50.3 Å². The predicted molar refractivity (Wildman–Crippen MR) is 288 cm³/mol. The van der Waals surface area contributed by atoms with Gasteiger partial charge >= 0.3 is 0 Å². The quantitative estimate of drug-likeness (QED) is 0.0760. The molecule has 64 heavy (non-hydrogen) atoms. The minimum atomic E-state index is -2.24. The Bertz CT molecular complexity index is 1670. The fourth-order valence-corrected chi connectivity index (χ4v) is 13.1. The second-order valence-corrected chi connectivity index (χ2v) is 45.2. The van der Waals surface area contributed by atoms with E-state index in [0.29, 0.717) is 12.4 Å². The maximum Gasteiger partial charge on any atom is 0.192 e. The van der Waals surface area contributed by atoms with E-state index in [1.54, 1.807) is 0 Å². The second kappa shape index (κ2) is 22.6. The molecule has 2 rings (SSSR count). The third-order valence-corrected chi connectivity index (χ3v) is 34.9. The topological polar surface area (TPSA) is 66.9 Å². The largest absolute Gasteiger partial charge is 0.417 e. The Hall–Kier alpha value is -0.992. The van der Waals surface area contributed by atoms with E-state index in [9.17, 15) is 0 Å². The fourth-order valence-electron chi connectivity index (χ4n) is 7.88. The zero-order chi connectivity index (χ0) is 49.5. The average Bonchev–Trinajstić information content (AvgIpc) is 3.10. The molecule has 1 aromatic heterocycles. The Morgan fingerprint density at radius 1 is 0.750 bits per heavy atom. The van der Waals surface area contributed by atoms with Gasteiger partial charge in [0, 0.05) is 18.7 Å². The van der Waals surface area contributed by atoms with Crippen LogP contribution in [0.4, 0.5) is 0 Å². The number of ketones is 1. The van der Waals surface area contributed by atoms with Crippen molar-refractivity contribution in [3.05, 3.63) is 47.3 Å². The molecule has 1 aliphatic rings. The summed E-state index contributed by atoms with van der Waals surface area (Å²) >= 11 is 0. The standard InChI is InChI=1S/C54H103NO5Si4/c1-25-45(49(56)54(36-29-37-54)47(59-63(21,22)52(11,12)13)35-39-57-61(17,18)50(5,6)7)48(60-64(23,24)53(14,15)16)42(3)31-28-30-41(2)33-34-46(58-62(19,20)51(8,9)10)43(4)40-44-32-26-27-38-55-44/h26-27,32-33,38,40,42,45-48H,25,28-31,34-37,39H2,1-24H3/b41-33+,43-40+/t42-,45+,46-,47-,48-/m0/s1. The molecule has 0 bridgehead atoms. The Labute approximate surface area is 401 Å². The first-order chi connectivity index (χ1) is 28.9. The smallest absolute Gasteiger partial charge is 0.192 e. The van der Waals surface area contributed by atoms with Gasteiger partial charge in [-0.2, -0.15) is 0 Å². The number of hydrogen-bond donors (Lipinski definition) is 0. The molecule has 0 radical (unpaired) electrons. The van der Waals surface area contributed by atoms with Gasteiger partial charge in [-0.05, 0) is 167 Å². The van der Waals surface area contributed by atoms with Gasteiger partial charge in [-0.3, -0.25) is 9.78 Å². The number of Topliss-reactive ketones (excluding diaryl/α,β-unsaturated/α-hetero) is 1. The highest BCUT2D eigenvalue weighted by molar-refractivity contribution is 6.75.